The Hall–Kier alpha value is -2.58. The zero-order valence-electron chi connectivity index (χ0n) is 17.9. The Kier molecular flexibility index (Phi) is 7.33. The van der Waals surface area contributed by atoms with E-state index in [9.17, 15) is 8.78 Å². The Morgan fingerprint density at radius 1 is 1.20 bits per heavy atom. The second kappa shape index (κ2) is 9.95. The molecule has 1 atom stereocenters. The molecule has 0 spiro atoms. The minimum absolute atomic E-state index is 0.151. The summed E-state index contributed by atoms with van der Waals surface area (Å²) in [6, 6.07) is 3.50. The molecule has 2 aliphatic heterocycles. The Morgan fingerprint density at radius 3 is 2.53 bits per heavy atom. The molecule has 164 valence electrons. The van der Waals surface area contributed by atoms with Crippen LogP contribution in [0.1, 0.15) is 26.7 Å². The highest BCUT2D eigenvalue weighted by molar-refractivity contribution is 5.45. The average molecular weight is 421 g/mol. The van der Waals surface area contributed by atoms with Gasteiger partial charge in [-0.05, 0) is 43.0 Å². The first kappa shape index (κ1) is 22.1. The maximum absolute atomic E-state index is 13.6. The normalized spacial score (nSPS) is 20.7. The van der Waals surface area contributed by atoms with E-state index in [0.29, 0.717) is 12.5 Å². The van der Waals surface area contributed by atoms with Crippen LogP contribution in [0.3, 0.4) is 0 Å². The van der Waals surface area contributed by atoms with Gasteiger partial charge in [0.25, 0.3) is 0 Å². The lowest BCUT2D eigenvalue weighted by Gasteiger charge is -2.26. The number of anilines is 1. The molecular formula is C22H30F2N4O2. The SMILES string of the molecule is CC.COC1=C(C2=CC(CONc3c(F)cccc3F)NN2C)CNC(C2CC2)=C1. The minimum Gasteiger partial charge on any atom is -0.496 e. The summed E-state index contributed by atoms with van der Waals surface area (Å²) in [5, 5.41) is 5.39. The smallest absolute Gasteiger partial charge is 0.151 e. The molecule has 0 radical (unpaired) electrons. The van der Waals surface area contributed by atoms with Crippen molar-refractivity contribution in [1.82, 2.24) is 15.8 Å². The van der Waals surface area contributed by atoms with Crippen molar-refractivity contribution >= 4 is 5.69 Å². The zero-order chi connectivity index (χ0) is 21.7. The first-order valence-electron chi connectivity index (χ1n) is 10.3. The van der Waals surface area contributed by atoms with E-state index in [4.69, 9.17) is 9.57 Å². The van der Waals surface area contributed by atoms with Crippen LogP contribution in [0.15, 0.2) is 53.1 Å². The van der Waals surface area contributed by atoms with E-state index in [1.54, 1.807) is 7.11 Å². The van der Waals surface area contributed by atoms with Crippen molar-refractivity contribution in [3.05, 3.63) is 64.7 Å². The van der Waals surface area contributed by atoms with Gasteiger partial charge in [0.05, 0.1) is 25.5 Å². The molecule has 0 saturated heterocycles. The van der Waals surface area contributed by atoms with E-state index < -0.39 is 11.6 Å². The molecule has 1 aromatic rings. The predicted octanol–water partition coefficient (Wildman–Crippen LogP) is 3.83. The highest BCUT2D eigenvalue weighted by Crippen LogP contribution is 2.38. The first-order valence-corrected chi connectivity index (χ1v) is 10.3. The molecular weight excluding hydrogens is 390 g/mol. The van der Waals surface area contributed by atoms with Gasteiger partial charge in [-0.15, -0.1) is 0 Å². The van der Waals surface area contributed by atoms with Gasteiger partial charge < -0.3 is 15.1 Å². The number of para-hydroxylation sites is 1. The largest absolute Gasteiger partial charge is 0.496 e. The van der Waals surface area contributed by atoms with Crippen molar-refractivity contribution in [3.63, 3.8) is 0 Å². The number of dihydropyridines is 1. The molecule has 1 aliphatic carbocycles. The van der Waals surface area contributed by atoms with Gasteiger partial charge in [-0.2, -0.15) is 0 Å². The molecule has 1 fully saturated rings. The van der Waals surface area contributed by atoms with E-state index >= 15 is 0 Å². The molecule has 4 rings (SSSR count). The van der Waals surface area contributed by atoms with Gasteiger partial charge in [0, 0.05) is 24.9 Å². The highest BCUT2D eigenvalue weighted by Gasteiger charge is 2.31. The number of nitrogens with zero attached hydrogens (tertiary/aromatic N) is 1. The lowest BCUT2D eigenvalue weighted by atomic mass is 10.0. The summed E-state index contributed by atoms with van der Waals surface area (Å²) in [4.78, 5) is 5.32. The standard InChI is InChI=1S/C20H24F2N4O2.C2H6/c1-26-18(14-10-23-17(12-6-7-12)9-19(14)27-2)8-13(24-26)11-28-25-20-15(21)4-3-5-16(20)22;1-2/h3-5,8-9,12-13,23-25H,6-7,10-11H2,1-2H3;1-2H3. The van der Waals surface area contributed by atoms with E-state index in [1.165, 1.54) is 36.7 Å². The first-order chi connectivity index (χ1) is 14.6. The fourth-order valence-electron chi connectivity index (χ4n) is 3.46. The number of benzene rings is 1. The maximum Gasteiger partial charge on any atom is 0.151 e. The lowest BCUT2D eigenvalue weighted by molar-refractivity contribution is 0.155. The number of hydrazine groups is 1. The van der Waals surface area contributed by atoms with Gasteiger partial charge in [-0.3, -0.25) is 10.3 Å². The summed E-state index contributed by atoms with van der Waals surface area (Å²) < 4.78 is 32.9. The van der Waals surface area contributed by atoms with Crippen molar-refractivity contribution < 1.29 is 18.4 Å². The molecule has 2 heterocycles. The molecule has 6 nitrogen and oxygen atoms in total. The summed E-state index contributed by atoms with van der Waals surface area (Å²) in [5.74, 6) is 0.0862. The van der Waals surface area contributed by atoms with Gasteiger partial charge in [-0.1, -0.05) is 19.9 Å². The molecule has 1 aromatic carbocycles. The summed E-state index contributed by atoms with van der Waals surface area (Å²) in [7, 11) is 3.59. The van der Waals surface area contributed by atoms with Crippen LogP contribution in [0, 0.1) is 17.6 Å². The highest BCUT2D eigenvalue weighted by atomic mass is 19.1. The number of ether oxygens (including phenoxy) is 1. The fraction of sp³-hybridized carbons (Fsp3) is 0.455. The third kappa shape index (κ3) is 4.94. The Morgan fingerprint density at radius 2 is 1.90 bits per heavy atom. The van der Waals surface area contributed by atoms with E-state index in [1.807, 2.05) is 32.0 Å². The Labute approximate surface area is 176 Å². The van der Waals surface area contributed by atoms with Crippen molar-refractivity contribution in [2.75, 3.05) is 32.8 Å². The lowest BCUT2D eigenvalue weighted by Crippen LogP contribution is -2.38. The zero-order valence-corrected chi connectivity index (χ0v) is 17.9. The number of methoxy groups -OCH3 is 1. The number of rotatable bonds is 7. The topological polar surface area (TPSA) is 57.8 Å². The van der Waals surface area contributed by atoms with E-state index in [-0.39, 0.29) is 18.3 Å². The van der Waals surface area contributed by atoms with Crippen molar-refractivity contribution in [2.45, 2.75) is 32.7 Å². The van der Waals surface area contributed by atoms with Crippen LogP contribution >= 0.6 is 0 Å². The number of hydrogen-bond acceptors (Lipinski definition) is 6. The summed E-state index contributed by atoms with van der Waals surface area (Å²) >= 11 is 0. The molecule has 3 aliphatic rings. The molecule has 0 bridgehead atoms. The maximum atomic E-state index is 13.6. The summed E-state index contributed by atoms with van der Waals surface area (Å²) in [6.45, 7) is 4.88. The molecule has 0 amide bonds. The molecule has 0 aromatic heterocycles. The summed E-state index contributed by atoms with van der Waals surface area (Å²) in [6.07, 6.45) is 6.55. The average Bonchev–Trinajstić information content (AvgIpc) is 3.54. The molecule has 30 heavy (non-hydrogen) atoms. The van der Waals surface area contributed by atoms with Crippen LogP contribution in [-0.2, 0) is 9.57 Å². The third-order valence-corrected chi connectivity index (χ3v) is 5.08. The number of nitrogens with one attached hydrogen (secondary N) is 3. The Bertz CT molecular complexity index is 829. The van der Waals surface area contributed by atoms with Crippen molar-refractivity contribution in [1.29, 1.82) is 0 Å². The molecule has 3 N–H and O–H groups in total. The van der Waals surface area contributed by atoms with Crippen LogP contribution in [-0.4, -0.2) is 38.4 Å². The summed E-state index contributed by atoms with van der Waals surface area (Å²) in [5.41, 5.74) is 8.61. The third-order valence-electron chi connectivity index (χ3n) is 5.08. The molecule has 1 unspecified atom stereocenters. The fourth-order valence-corrected chi connectivity index (χ4v) is 3.46. The quantitative estimate of drug-likeness (QED) is 0.583. The van der Waals surface area contributed by atoms with Gasteiger partial charge in [0.15, 0.2) is 11.6 Å². The molecule has 1 saturated carbocycles. The van der Waals surface area contributed by atoms with Gasteiger partial charge in [0.2, 0.25) is 0 Å². The molecule has 8 heteroatoms. The van der Waals surface area contributed by atoms with Gasteiger partial charge in [-0.25, -0.2) is 14.2 Å². The van der Waals surface area contributed by atoms with Crippen LogP contribution < -0.4 is 16.2 Å². The number of halogens is 2. The van der Waals surface area contributed by atoms with E-state index in [0.717, 1.165) is 17.0 Å². The minimum atomic E-state index is -0.700. The number of allylic oxidation sites excluding steroid dienone is 2. The van der Waals surface area contributed by atoms with Gasteiger partial charge in [0.1, 0.15) is 11.4 Å². The van der Waals surface area contributed by atoms with Crippen molar-refractivity contribution in [2.24, 2.45) is 5.92 Å². The second-order valence-corrected chi connectivity index (χ2v) is 7.13. The van der Waals surface area contributed by atoms with Crippen molar-refractivity contribution in [3.8, 4) is 0 Å². The second-order valence-electron chi connectivity index (χ2n) is 7.13. The number of likely N-dealkylation sites (N-methyl/N-ethyl adjacent to an activating group) is 1. The van der Waals surface area contributed by atoms with Crippen LogP contribution in [0.4, 0.5) is 14.5 Å². The predicted molar refractivity (Wildman–Crippen MR) is 113 cm³/mol. The Balaban J connectivity index is 0.00000124. The number of hydrogen-bond donors (Lipinski definition) is 3. The van der Waals surface area contributed by atoms with Crippen LogP contribution in [0.25, 0.3) is 0 Å². The van der Waals surface area contributed by atoms with Gasteiger partial charge >= 0.3 is 0 Å². The monoisotopic (exact) mass is 420 g/mol. The van der Waals surface area contributed by atoms with Crippen LogP contribution in [0.2, 0.25) is 0 Å². The van der Waals surface area contributed by atoms with Crippen LogP contribution in [0.5, 0.6) is 0 Å². The van der Waals surface area contributed by atoms with E-state index in [2.05, 4.69) is 22.3 Å².